The quantitative estimate of drug-likeness (QED) is 0.896. The minimum atomic E-state index is -0.312. The van der Waals surface area contributed by atoms with Gasteiger partial charge in [0.2, 0.25) is 5.91 Å². The molecule has 116 valence electrons. The summed E-state index contributed by atoms with van der Waals surface area (Å²) in [4.78, 5) is 16.9. The molecule has 0 radical (unpaired) electrons. The van der Waals surface area contributed by atoms with Gasteiger partial charge in [0.05, 0.1) is 0 Å². The van der Waals surface area contributed by atoms with Crippen LogP contribution >= 0.6 is 0 Å². The monoisotopic (exact) mass is 293 g/mol. The largest absolute Gasteiger partial charge is 0.342 e. The van der Waals surface area contributed by atoms with Crippen molar-refractivity contribution in [3.8, 4) is 0 Å². The highest BCUT2D eigenvalue weighted by Gasteiger charge is 2.31. The van der Waals surface area contributed by atoms with E-state index in [0.717, 1.165) is 31.7 Å². The highest BCUT2D eigenvalue weighted by atomic mass is 19.1. The zero-order valence-electron chi connectivity index (χ0n) is 12.8. The van der Waals surface area contributed by atoms with Crippen molar-refractivity contribution >= 4 is 5.91 Å². The molecule has 1 aliphatic rings. The fourth-order valence-electron chi connectivity index (χ4n) is 2.80. The Hall–Kier alpha value is -1.46. The predicted molar refractivity (Wildman–Crippen MR) is 81.5 cm³/mol. The Morgan fingerprint density at radius 2 is 1.81 bits per heavy atom. The van der Waals surface area contributed by atoms with Crippen molar-refractivity contribution in [3.05, 3.63) is 35.6 Å². The Labute approximate surface area is 125 Å². The maximum absolute atomic E-state index is 13.2. The van der Waals surface area contributed by atoms with Gasteiger partial charge in [-0.2, -0.15) is 0 Å². The predicted octanol–water partition coefficient (Wildman–Crippen LogP) is 1.64. The molecule has 1 atom stereocenters. The van der Waals surface area contributed by atoms with E-state index in [0.29, 0.717) is 13.1 Å². The van der Waals surface area contributed by atoms with Gasteiger partial charge in [0, 0.05) is 39.3 Å². The smallest absolute Gasteiger partial charge is 0.244 e. The molecule has 0 saturated carbocycles. The molecule has 0 aromatic heterocycles. The Bertz CT molecular complexity index is 453. The Morgan fingerprint density at radius 1 is 1.24 bits per heavy atom. The first-order valence-corrected chi connectivity index (χ1v) is 7.66. The molecule has 4 nitrogen and oxygen atoms in total. The molecular weight excluding hydrogens is 269 g/mol. The van der Waals surface area contributed by atoms with Gasteiger partial charge in [0.15, 0.2) is 0 Å². The van der Waals surface area contributed by atoms with Gasteiger partial charge in [-0.1, -0.05) is 12.1 Å². The number of benzene rings is 1. The van der Waals surface area contributed by atoms with Crippen LogP contribution in [-0.2, 0) is 4.79 Å². The van der Waals surface area contributed by atoms with Crippen molar-refractivity contribution in [2.24, 2.45) is 0 Å². The molecule has 0 spiro atoms. The molecule has 0 bridgehead atoms. The molecule has 1 aliphatic heterocycles. The van der Waals surface area contributed by atoms with Gasteiger partial charge < -0.3 is 10.2 Å². The van der Waals surface area contributed by atoms with Crippen molar-refractivity contribution in [1.82, 2.24) is 15.1 Å². The van der Waals surface area contributed by atoms with Crippen LogP contribution in [0.1, 0.15) is 25.5 Å². The van der Waals surface area contributed by atoms with E-state index in [2.05, 4.69) is 10.2 Å². The Kier molecular flexibility index (Phi) is 5.70. The number of piperazine rings is 1. The third-order valence-corrected chi connectivity index (χ3v) is 4.01. The van der Waals surface area contributed by atoms with E-state index < -0.39 is 0 Å². The van der Waals surface area contributed by atoms with Crippen LogP contribution in [0.4, 0.5) is 4.39 Å². The van der Waals surface area contributed by atoms with Gasteiger partial charge in [-0.05, 0) is 31.5 Å². The number of halogens is 1. The first-order valence-electron chi connectivity index (χ1n) is 7.66. The van der Waals surface area contributed by atoms with Gasteiger partial charge in [-0.15, -0.1) is 0 Å². The highest BCUT2D eigenvalue weighted by Crippen LogP contribution is 2.24. The van der Waals surface area contributed by atoms with Gasteiger partial charge >= 0.3 is 0 Å². The average Bonchev–Trinajstić information content (AvgIpc) is 2.52. The number of hydrogen-bond acceptors (Lipinski definition) is 3. The molecule has 5 heteroatoms. The molecule has 1 aromatic rings. The average molecular weight is 293 g/mol. The molecule has 0 aliphatic carbocycles. The number of carbonyl (C=O) groups excluding carboxylic acids is 1. The van der Waals surface area contributed by atoms with Crippen molar-refractivity contribution in [1.29, 1.82) is 0 Å². The molecule has 1 fully saturated rings. The molecule has 1 heterocycles. The number of nitrogens with zero attached hydrogens (tertiary/aromatic N) is 2. The van der Waals surface area contributed by atoms with E-state index >= 15 is 0 Å². The lowest BCUT2D eigenvalue weighted by Crippen LogP contribution is -2.50. The van der Waals surface area contributed by atoms with Crippen LogP contribution in [0.25, 0.3) is 0 Å². The number of hydrogen-bond donors (Lipinski definition) is 1. The minimum Gasteiger partial charge on any atom is -0.342 e. The van der Waals surface area contributed by atoms with Crippen molar-refractivity contribution in [3.63, 3.8) is 0 Å². The van der Waals surface area contributed by atoms with E-state index in [4.69, 9.17) is 0 Å². The van der Waals surface area contributed by atoms with Crippen LogP contribution in [0.15, 0.2) is 24.3 Å². The normalized spacial score (nSPS) is 17.5. The van der Waals surface area contributed by atoms with Crippen molar-refractivity contribution in [2.45, 2.75) is 19.9 Å². The third kappa shape index (κ3) is 3.80. The highest BCUT2D eigenvalue weighted by molar-refractivity contribution is 5.83. The summed E-state index contributed by atoms with van der Waals surface area (Å²) in [7, 11) is 0. The molecule has 1 amide bonds. The molecule has 1 N–H and O–H groups in total. The fourth-order valence-corrected chi connectivity index (χ4v) is 2.80. The zero-order chi connectivity index (χ0) is 15.2. The Morgan fingerprint density at radius 3 is 2.33 bits per heavy atom. The molecule has 1 saturated heterocycles. The van der Waals surface area contributed by atoms with E-state index in [1.807, 2.05) is 18.7 Å². The second-order valence-corrected chi connectivity index (χ2v) is 5.25. The number of nitrogens with one attached hydrogen (secondary N) is 1. The van der Waals surface area contributed by atoms with Crippen molar-refractivity contribution in [2.75, 3.05) is 39.3 Å². The van der Waals surface area contributed by atoms with Crippen molar-refractivity contribution < 1.29 is 9.18 Å². The summed E-state index contributed by atoms with van der Waals surface area (Å²) >= 11 is 0. The lowest BCUT2D eigenvalue weighted by Gasteiger charge is -2.36. The minimum absolute atomic E-state index is 0.105. The maximum atomic E-state index is 13.2. The van der Waals surface area contributed by atoms with Crippen LogP contribution in [0.5, 0.6) is 0 Å². The van der Waals surface area contributed by atoms with Crippen LogP contribution in [-0.4, -0.2) is 55.0 Å². The molecular formula is C16H24FN3O. The summed E-state index contributed by atoms with van der Waals surface area (Å²) in [6.45, 7) is 8.77. The lowest BCUT2D eigenvalue weighted by atomic mass is 10.0. The maximum Gasteiger partial charge on any atom is 0.244 e. The SMILES string of the molecule is CCN(CC)C(=O)C(c1ccc(F)cc1)N1CCNCC1. The Balaban J connectivity index is 2.28. The second kappa shape index (κ2) is 7.52. The summed E-state index contributed by atoms with van der Waals surface area (Å²) in [6.07, 6.45) is 0. The van der Waals surface area contributed by atoms with Crippen LogP contribution < -0.4 is 5.32 Å². The number of rotatable bonds is 5. The number of likely N-dealkylation sites (N-methyl/N-ethyl adjacent to an activating group) is 1. The van der Waals surface area contributed by atoms with Crippen LogP contribution in [0.3, 0.4) is 0 Å². The standard InChI is InChI=1S/C16H24FN3O/c1-3-19(4-2)16(21)15(20-11-9-18-10-12-20)13-5-7-14(17)8-6-13/h5-8,15,18H,3-4,9-12H2,1-2H3. The summed E-state index contributed by atoms with van der Waals surface area (Å²) in [6, 6.07) is 6.00. The van der Waals surface area contributed by atoms with Gasteiger partial charge in [-0.3, -0.25) is 9.69 Å². The van der Waals surface area contributed by atoms with Gasteiger partial charge in [0.1, 0.15) is 11.9 Å². The lowest BCUT2D eigenvalue weighted by molar-refractivity contribution is -0.137. The number of carbonyl (C=O) groups is 1. The van der Waals surface area contributed by atoms with E-state index in [1.165, 1.54) is 12.1 Å². The van der Waals surface area contributed by atoms with Crippen LogP contribution in [0, 0.1) is 5.82 Å². The van der Waals surface area contributed by atoms with Gasteiger partial charge in [0.25, 0.3) is 0 Å². The number of amides is 1. The second-order valence-electron chi connectivity index (χ2n) is 5.25. The van der Waals surface area contributed by atoms with E-state index in [-0.39, 0.29) is 17.8 Å². The summed E-state index contributed by atoms with van der Waals surface area (Å²) < 4.78 is 13.2. The molecule has 1 aromatic carbocycles. The molecule has 2 rings (SSSR count). The summed E-state index contributed by atoms with van der Waals surface area (Å²) in [5.41, 5.74) is 0.871. The fraction of sp³-hybridized carbons (Fsp3) is 0.562. The molecule has 1 unspecified atom stereocenters. The first-order chi connectivity index (χ1) is 10.2. The van der Waals surface area contributed by atoms with Crippen LogP contribution in [0.2, 0.25) is 0 Å². The zero-order valence-corrected chi connectivity index (χ0v) is 12.8. The summed E-state index contributed by atoms with van der Waals surface area (Å²) in [5.74, 6) is -0.165. The first kappa shape index (κ1) is 15.9. The summed E-state index contributed by atoms with van der Waals surface area (Å²) in [5, 5.41) is 3.30. The third-order valence-electron chi connectivity index (χ3n) is 4.01. The van der Waals surface area contributed by atoms with Gasteiger partial charge in [-0.25, -0.2) is 4.39 Å². The van der Waals surface area contributed by atoms with E-state index in [1.54, 1.807) is 12.1 Å². The topological polar surface area (TPSA) is 35.6 Å². The molecule has 21 heavy (non-hydrogen) atoms. The van der Waals surface area contributed by atoms with E-state index in [9.17, 15) is 9.18 Å².